The number of nitrogens with zero attached hydrogens (tertiary/aromatic N) is 2. The molecule has 0 unspecified atom stereocenters. The molecule has 29 heavy (non-hydrogen) atoms. The van der Waals surface area contributed by atoms with Crippen molar-refractivity contribution < 1.29 is 31.1 Å². The van der Waals surface area contributed by atoms with Gasteiger partial charge in [-0.3, -0.25) is 10.1 Å². The number of benzene rings is 2. The molecule has 0 radical (unpaired) electrons. The van der Waals surface area contributed by atoms with E-state index in [0.717, 1.165) is 16.9 Å². The number of nitrogens with one attached hydrogen (secondary N) is 1. The fourth-order valence-electron chi connectivity index (χ4n) is 2.40. The third-order valence-electron chi connectivity index (χ3n) is 3.74. The van der Waals surface area contributed by atoms with Gasteiger partial charge < -0.3 is 0 Å². The average Bonchev–Trinajstić information content (AvgIpc) is 3.07. The molecule has 1 heterocycles. The summed E-state index contributed by atoms with van der Waals surface area (Å²) >= 11 is 0.972. The van der Waals surface area contributed by atoms with Gasteiger partial charge in [0, 0.05) is 12.0 Å². The van der Waals surface area contributed by atoms with Crippen molar-refractivity contribution in [3.8, 4) is 0 Å². The van der Waals surface area contributed by atoms with Crippen LogP contribution in [0.5, 0.6) is 0 Å². The summed E-state index contributed by atoms with van der Waals surface area (Å²) in [6.07, 6.45) is -9.67. The molecule has 0 bridgehead atoms. The summed E-state index contributed by atoms with van der Waals surface area (Å²) in [5.74, 6) is -1.15. The largest absolute Gasteiger partial charge is 0.416 e. The van der Waals surface area contributed by atoms with Crippen LogP contribution >= 0.6 is 11.3 Å². The number of hydrogen-bond acceptors (Lipinski definition) is 4. The number of alkyl halides is 6. The maximum atomic E-state index is 12.9. The molecule has 0 aliphatic rings. The number of anilines is 1. The topological polar surface area (TPSA) is 54.9 Å². The lowest BCUT2D eigenvalue weighted by Gasteiger charge is -2.13. The molecule has 1 amide bonds. The lowest BCUT2D eigenvalue weighted by Crippen LogP contribution is -2.17. The molecule has 152 valence electrons. The van der Waals surface area contributed by atoms with Crippen molar-refractivity contribution in [2.24, 2.45) is 0 Å². The van der Waals surface area contributed by atoms with Crippen molar-refractivity contribution in [3.05, 3.63) is 75.8 Å². The first-order valence-corrected chi connectivity index (χ1v) is 8.81. The van der Waals surface area contributed by atoms with Gasteiger partial charge in [-0.25, -0.2) is 0 Å². The van der Waals surface area contributed by atoms with Gasteiger partial charge in [0.15, 0.2) is 0 Å². The first-order chi connectivity index (χ1) is 13.5. The van der Waals surface area contributed by atoms with Gasteiger partial charge in [-0.2, -0.15) is 26.3 Å². The Balaban J connectivity index is 1.82. The number of carbonyl (C=O) groups is 1. The molecule has 1 N–H and O–H groups in total. The van der Waals surface area contributed by atoms with Crippen LogP contribution in [0.2, 0.25) is 0 Å². The summed E-state index contributed by atoms with van der Waals surface area (Å²) in [5, 5.41) is 10.3. The number of aromatic nitrogens is 2. The summed E-state index contributed by atoms with van der Waals surface area (Å²) < 4.78 is 77.5. The number of amides is 1. The van der Waals surface area contributed by atoms with Crippen LogP contribution in [0.3, 0.4) is 0 Å². The minimum atomic E-state index is -5.04. The van der Waals surface area contributed by atoms with Gasteiger partial charge in [-0.05, 0) is 23.8 Å². The minimum absolute atomic E-state index is 0.0353. The second kappa shape index (κ2) is 7.82. The Morgan fingerprint density at radius 3 is 2.03 bits per heavy atom. The summed E-state index contributed by atoms with van der Waals surface area (Å²) in [6.45, 7) is 0. The van der Waals surface area contributed by atoms with Gasteiger partial charge in [-0.15, -0.1) is 10.2 Å². The van der Waals surface area contributed by atoms with Gasteiger partial charge in [0.2, 0.25) is 5.13 Å². The van der Waals surface area contributed by atoms with Crippen LogP contribution in [-0.4, -0.2) is 16.1 Å². The smallest absolute Gasteiger partial charge is 0.296 e. The van der Waals surface area contributed by atoms with E-state index in [1.165, 1.54) is 0 Å². The Morgan fingerprint density at radius 2 is 1.48 bits per heavy atom. The third kappa shape index (κ3) is 5.31. The molecule has 0 fully saturated rings. The van der Waals surface area contributed by atoms with Crippen LogP contribution < -0.4 is 5.32 Å². The highest BCUT2D eigenvalue weighted by Gasteiger charge is 2.37. The summed E-state index contributed by atoms with van der Waals surface area (Å²) in [4.78, 5) is 12.2. The maximum absolute atomic E-state index is 12.9. The lowest BCUT2D eigenvalue weighted by molar-refractivity contribution is -0.143. The van der Waals surface area contributed by atoms with Gasteiger partial charge in [0.25, 0.3) is 5.91 Å². The van der Waals surface area contributed by atoms with Crippen LogP contribution in [0.4, 0.5) is 31.5 Å². The van der Waals surface area contributed by atoms with Crippen LogP contribution in [0, 0.1) is 0 Å². The van der Waals surface area contributed by atoms with E-state index < -0.39 is 35.0 Å². The van der Waals surface area contributed by atoms with E-state index in [0.29, 0.717) is 23.6 Å². The highest BCUT2D eigenvalue weighted by molar-refractivity contribution is 7.15. The van der Waals surface area contributed by atoms with E-state index in [1.54, 1.807) is 0 Å². The van der Waals surface area contributed by atoms with Crippen molar-refractivity contribution in [3.63, 3.8) is 0 Å². The zero-order chi connectivity index (χ0) is 21.2. The Bertz CT molecular complexity index is 982. The highest BCUT2D eigenvalue weighted by Crippen LogP contribution is 2.36. The lowest BCUT2D eigenvalue weighted by atomic mass is 10.0. The molecule has 2 aromatic carbocycles. The molecule has 0 saturated carbocycles. The molecule has 0 atom stereocenters. The maximum Gasteiger partial charge on any atom is 0.416 e. The van der Waals surface area contributed by atoms with Crippen molar-refractivity contribution in [2.75, 3.05) is 5.32 Å². The van der Waals surface area contributed by atoms with E-state index in [-0.39, 0.29) is 11.2 Å². The monoisotopic (exact) mass is 431 g/mol. The zero-order valence-corrected chi connectivity index (χ0v) is 15.1. The molecule has 3 rings (SSSR count). The van der Waals surface area contributed by atoms with E-state index in [1.807, 2.05) is 30.3 Å². The summed E-state index contributed by atoms with van der Waals surface area (Å²) in [7, 11) is 0. The molecular formula is C18H11F6N3OS. The van der Waals surface area contributed by atoms with E-state index in [9.17, 15) is 31.1 Å². The molecule has 0 saturated heterocycles. The molecule has 11 heteroatoms. The highest BCUT2D eigenvalue weighted by atomic mass is 32.1. The van der Waals surface area contributed by atoms with Crippen molar-refractivity contribution in [2.45, 2.75) is 18.8 Å². The summed E-state index contributed by atoms with van der Waals surface area (Å²) in [6, 6.07) is 9.85. The summed E-state index contributed by atoms with van der Waals surface area (Å²) in [5.41, 5.74) is -3.00. The fourth-order valence-corrected chi connectivity index (χ4v) is 3.17. The van der Waals surface area contributed by atoms with Gasteiger partial charge in [0.05, 0.1) is 11.1 Å². The standard InChI is InChI=1S/C18H11F6N3OS/c19-17(20,21)12-7-11(8-13(9-12)18(22,23)24)15(28)25-16-27-26-14(29-16)6-10-4-2-1-3-5-10/h1-5,7-9H,6H2,(H,25,27,28). The number of hydrogen-bond donors (Lipinski definition) is 1. The molecule has 1 aromatic heterocycles. The SMILES string of the molecule is O=C(Nc1nnc(Cc2ccccc2)s1)c1cc(C(F)(F)F)cc(C(F)(F)F)c1. The van der Waals surface area contributed by atoms with E-state index >= 15 is 0 Å². The van der Waals surface area contributed by atoms with Crippen LogP contribution in [0.15, 0.2) is 48.5 Å². The van der Waals surface area contributed by atoms with Gasteiger partial charge >= 0.3 is 12.4 Å². The average molecular weight is 431 g/mol. The Morgan fingerprint density at radius 1 is 0.897 bits per heavy atom. The second-order valence-electron chi connectivity index (χ2n) is 5.91. The number of rotatable bonds is 4. The molecule has 0 aliphatic heterocycles. The van der Waals surface area contributed by atoms with E-state index in [2.05, 4.69) is 15.5 Å². The van der Waals surface area contributed by atoms with Crippen molar-refractivity contribution in [1.29, 1.82) is 0 Å². The minimum Gasteiger partial charge on any atom is -0.296 e. The van der Waals surface area contributed by atoms with Gasteiger partial charge in [-0.1, -0.05) is 41.7 Å². The molecule has 0 aliphatic carbocycles. The van der Waals surface area contributed by atoms with Gasteiger partial charge in [0.1, 0.15) is 5.01 Å². The first-order valence-electron chi connectivity index (χ1n) is 7.99. The van der Waals surface area contributed by atoms with E-state index in [4.69, 9.17) is 0 Å². The zero-order valence-electron chi connectivity index (χ0n) is 14.3. The number of halogens is 6. The van der Waals surface area contributed by atoms with Crippen LogP contribution in [0.25, 0.3) is 0 Å². The molecule has 3 aromatic rings. The normalized spacial score (nSPS) is 12.1. The quantitative estimate of drug-likeness (QED) is 0.562. The Labute approximate surface area is 164 Å². The first kappa shape index (κ1) is 20.8. The van der Waals surface area contributed by atoms with Crippen molar-refractivity contribution in [1.82, 2.24) is 10.2 Å². The predicted molar refractivity (Wildman–Crippen MR) is 93.6 cm³/mol. The van der Waals surface area contributed by atoms with Crippen LogP contribution in [-0.2, 0) is 18.8 Å². The second-order valence-corrected chi connectivity index (χ2v) is 6.97. The Hall–Kier alpha value is -2.95. The molecule has 0 spiro atoms. The van der Waals surface area contributed by atoms with Crippen molar-refractivity contribution >= 4 is 22.4 Å². The fraction of sp³-hybridized carbons (Fsp3) is 0.167. The predicted octanol–water partition coefficient (Wildman–Crippen LogP) is 5.42. The molecule has 4 nitrogen and oxygen atoms in total. The Kier molecular flexibility index (Phi) is 5.60. The van der Waals surface area contributed by atoms with Crippen LogP contribution in [0.1, 0.15) is 32.1 Å². The number of carbonyl (C=O) groups excluding carboxylic acids is 1. The molecular weight excluding hydrogens is 420 g/mol. The third-order valence-corrected chi connectivity index (χ3v) is 4.57.